The van der Waals surface area contributed by atoms with Gasteiger partial charge >= 0.3 is 0 Å². The van der Waals surface area contributed by atoms with Gasteiger partial charge in [-0.15, -0.1) is 35.3 Å². The van der Waals surface area contributed by atoms with Crippen molar-refractivity contribution in [3.05, 3.63) is 64.4 Å². The highest BCUT2D eigenvalue weighted by Gasteiger charge is 2.21. The third-order valence-corrected chi connectivity index (χ3v) is 5.67. The largest absolute Gasteiger partial charge is 0.489 e. The molecule has 2 N–H and O–H groups in total. The van der Waals surface area contributed by atoms with E-state index in [1.165, 1.54) is 10.4 Å². The zero-order chi connectivity index (χ0) is 20.5. The molecule has 1 amide bonds. The molecule has 0 spiro atoms. The molecule has 0 saturated carbocycles. The van der Waals surface area contributed by atoms with Crippen molar-refractivity contribution < 1.29 is 9.53 Å². The average molecular weight is 540 g/mol. The summed E-state index contributed by atoms with van der Waals surface area (Å²) < 4.78 is 5.69. The van der Waals surface area contributed by atoms with E-state index in [0.717, 1.165) is 30.8 Å². The van der Waals surface area contributed by atoms with Crippen LogP contribution in [0, 0.1) is 0 Å². The predicted molar refractivity (Wildman–Crippen MR) is 134 cm³/mol. The molecule has 0 unspecified atom stereocenters. The lowest BCUT2D eigenvalue weighted by molar-refractivity contribution is -0.130. The minimum atomic E-state index is 0. The van der Waals surface area contributed by atoms with Gasteiger partial charge in [-0.2, -0.15) is 0 Å². The van der Waals surface area contributed by atoms with Crippen molar-refractivity contribution in [1.82, 2.24) is 15.5 Å². The summed E-state index contributed by atoms with van der Waals surface area (Å²) in [5, 5.41) is 8.46. The van der Waals surface area contributed by atoms with E-state index < -0.39 is 0 Å². The fourth-order valence-electron chi connectivity index (χ4n) is 3.16. The number of rotatable bonds is 8. The maximum atomic E-state index is 12.6. The summed E-state index contributed by atoms with van der Waals surface area (Å²) in [6.07, 6.45) is 2.66. The van der Waals surface area contributed by atoms with Gasteiger partial charge in [0.1, 0.15) is 12.4 Å². The van der Waals surface area contributed by atoms with Crippen molar-refractivity contribution in [3.63, 3.8) is 0 Å². The van der Waals surface area contributed by atoms with Crippen LogP contribution in [0.2, 0.25) is 0 Å². The Labute approximate surface area is 199 Å². The molecule has 30 heavy (non-hydrogen) atoms. The Morgan fingerprint density at radius 1 is 1.33 bits per heavy atom. The van der Waals surface area contributed by atoms with Crippen molar-refractivity contribution in [3.8, 4) is 5.75 Å². The van der Waals surface area contributed by atoms with Gasteiger partial charge in [0.15, 0.2) is 5.96 Å². The lowest BCUT2D eigenvalue weighted by atomic mass is 10.1. The minimum Gasteiger partial charge on any atom is -0.489 e. The second-order valence-electron chi connectivity index (χ2n) is 6.69. The fraction of sp³-hybridized carbons (Fsp3) is 0.364. The molecule has 0 aliphatic carbocycles. The molecule has 2 heterocycles. The summed E-state index contributed by atoms with van der Waals surface area (Å²) in [7, 11) is 0. The second-order valence-corrected chi connectivity index (χ2v) is 7.69. The lowest BCUT2D eigenvalue weighted by Crippen LogP contribution is -2.45. The number of ether oxygens (including phenoxy) is 1. The second kappa shape index (κ2) is 12.6. The van der Waals surface area contributed by atoms with E-state index in [0.29, 0.717) is 25.7 Å². The number of para-hydroxylation sites is 1. The number of benzene rings is 1. The van der Waals surface area contributed by atoms with Crippen LogP contribution in [-0.2, 0) is 24.3 Å². The van der Waals surface area contributed by atoms with Crippen molar-refractivity contribution in [1.29, 1.82) is 0 Å². The predicted octanol–water partition coefficient (Wildman–Crippen LogP) is 3.57. The smallest absolute Gasteiger partial charge is 0.242 e. The molecule has 0 atom stereocenters. The van der Waals surface area contributed by atoms with Gasteiger partial charge in [-0.05, 0) is 36.4 Å². The first-order chi connectivity index (χ1) is 14.2. The molecule has 0 radical (unpaired) electrons. The summed E-state index contributed by atoms with van der Waals surface area (Å²) in [6.45, 7) is 9.01. The highest BCUT2D eigenvalue weighted by atomic mass is 127. The van der Waals surface area contributed by atoms with Crippen LogP contribution in [0.5, 0.6) is 5.75 Å². The molecule has 8 heteroatoms. The van der Waals surface area contributed by atoms with E-state index in [2.05, 4.69) is 33.7 Å². The van der Waals surface area contributed by atoms with Gasteiger partial charge < -0.3 is 20.3 Å². The van der Waals surface area contributed by atoms with Gasteiger partial charge in [-0.25, -0.2) is 4.99 Å². The molecule has 6 nitrogen and oxygen atoms in total. The van der Waals surface area contributed by atoms with E-state index in [-0.39, 0.29) is 36.4 Å². The number of hydrogen-bond donors (Lipinski definition) is 2. The summed E-state index contributed by atoms with van der Waals surface area (Å²) >= 11 is 1.78. The number of hydrogen-bond acceptors (Lipinski definition) is 4. The molecule has 2 aromatic rings. The lowest BCUT2D eigenvalue weighted by Gasteiger charge is -2.27. The maximum absolute atomic E-state index is 12.6. The van der Waals surface area contributed by atoms with Crippen LogP contribution in [0.15, 0.2) is 53.4 Å². The van der Waals surface area contributed by atoms with E-state index in [1.807, 2.05) is 36.1 Å². The molecule has 0 saturated heterocycles. The molecule has 3 rings (SSSR count). The first kappa shape index (κ1) is 24.2. The van der Waals surface area contributed by atoms with Gasteiger partial charge in [-0.1, -0.05) is 30.9 Å². The Kier molecular flexibility index (Phi) is 10.2. The van der Waals surface area contributed by atoms with Gasteiger partial charge in [0.2, 0.25) is 5.91 Å². The summed E-state index contributed by atoms with van der Waals surface area (Å²) in [5.74, 6) is 1.50. The Bertz CT molecular complexity index is 868. The molecule has 1 aromatic heterocycles. The van der Waals surface area contributed by atoms with Crippen LogP contribution in [0.25, 0.3) is 0 Å². The number of carbonyl (C=O) groups is 1. The molecule has 1 aliphatic heterocycles. The SMILES string of the molecule is C=CCOc1ccccc1CN=C(NCC)NCC(=O)N1CCc2sccc2C1.I. The Hall–Kier alpha value is -2.07. The first-order valence-corrected chi connectivity index (χ1v) is 10.8. The third kappa shape index (κ3) is 6.73. The molecule has 162 valence electrons. The highest BCUT2D eigenvalue weighted by molar-refractivity contribution is 14.0. The fourth-order valence-corrected chi connectivity index (χ4v) is 4.05. The number of nitrogens with one attached hydrogen (secondary N) is 2. The van der Waals surface area contributed by atoms with Gasteiger partial charge in [0, 0.05) is 30.1 Å². The summed E-state index contributed by atoms with van der Waals surface area (Å²) in [4.78, 5) is 20.6. The molecule has 0 fully saturated rings. The van der Waals surface area contributed by atoms with Crippen molar-refractivity contribution in [2.75, 3.05) is 26.2 Å². The van der Waals surface area contributed by atoms with E-state index in [9.17, 15) is 4.79 Å². The number of thiophene rings is 1. The number of halogens is 1. The van der Waals surface area contributed by atoms with Gasteiger partial charge in [-0.3, -0.25) is 4.79 Å². The topological polar surface area (TPSA) is 66.0 Å². The highest BCUT2D eigenvalue weighted by Crippen LogP contribution is 2.23. The Morgan fingerprint density at radius 3 is 2.97 bits per heavy atom. The molecule has 0 bridgehead atoms. The van der Waals surface area contributed by atoms with Crippen molar-refractivity contribution in [2.24, 2.45) is 4.99 Å². The average Bonchev–Trinajstić information content (AvgIpc) is 3.22. The van der Waals surface area contributed by atoms with Crippen LogP contribution in [-0.4, -0.2) is 43.0 Å². The number of carbonyl (C=O) groups excluding carboxylic acids is 1. The molecule has 1 aliphatic rings. The normalized spacial score (nSPS) is 13.1. The summed E-state index contributed by atoms with van der Waals surface area (Å²) in [6, 6.07) is 9.93. The zero-order valence-electron chi connectivity index (χ0n) is 17.2. The minimum absolute atomic E-state index is 0. The number of aliphatic imine (C=N–C) groups is 1. The summed E-state index contributed by atoms with van der Waals surface area (Å²) in [5.41, 5.74) is 2.25. The number of guanidine groups is 1. The van der Waals surface area contributed by atoms with Crippen molar-refractivity contribution in [2.45, 2.75) is 26.4 Å². The van der Waals surface area contributed by atoms with Crippen LogP contribution in [0.4, 0.5) is 0 Å². The number of nitrogens with zero attached hydrogens (tertiary/aromatic N) is 2. The Morgan fingerprint density at radius 2 is 2.17 bits per heavy atom. The van der Waals surface area contributed by atoms with E-state index >= 15 is 0 Å². The molecule has 1 aromatic carbocycles. The van der Waals surface area contributed by atoms with Gasteiger partial charge in [0.05, 0.1) is 13.1 Å². The molecular weight excluding hydrogens is 511 g/mol. The zero-order valence-corrected chi connectivity index (χ0v) is 20.4. The standard InChI is InChI=1S/C22H28N4O2S.HI/c1-3-12-28-19-8-6-5-7-17(19)14-24-22(23-4-2)25-15-21(27)26-11-9-20-18(16-26)10-13-29-20;/h3,5-8,10,13H,1,4,9,11-12,14-16H2,2H3,(H2,23,24,25);1H. The van der Waals surface area contributed by atoms with E-state index in [1.54, 1.807) is 17.4 Å². The monoisotopic (exact) mass is 540 g/mol. The van der Waals surface area contributed by atoms with Crippen LogP contribution >= 0.6 is 35.3 Å². The maximum Gasteiger partial charge on any atom is 0.242 e. The third-order valence-electron chi connectivity index (χ3n) is 4.65. The van der Waals surface area contributed by atoms with Crippen LogP contribution in [0.1, 0.15) is 22.9 Å². The first-order valence-electron chi connectivity index (χ1n) is 9.88. The molecular formula is C22H29IN4O2S. The van der Waals surface area contributed by atoms with Gasteiger partial charge in [0.25, 0.3) is 0 Å². The van der Waals surface area contributed by atoms with Crippen LogP contribution in [0.3, 0.4) is 0 Å². The Balaban J connectivity index is 0.00000320. The number of amides is 1. The van der Waals surface area contributed by atoms with Crippen molar-refractivity contribution >= 4 is 47.2 Å². The quantitative estimate of drug-likeness (QED) is 0.233. The van der Waals surface area contributed by atoms with E-state index in [4.69, 9.17) is 4.74 Å². The number of fused-ring (bicyclic) bond motifs is 1. The van der Waals surface area contributed by atoms with Crippen LogP contribution < -0.4 is 15.4 Å².